The highest BCUT2D eigenvalue weighted by Gasteiger charge is 2.15. The van der Waals surface area contributed by atoms with Crippen LogP contribution in [0.25, 0.3) is 42.7 Å². The molecule has 26 heavy (non-hydrogen) atoms. The Kier molecular flexibility index (Phi) is 3.73. The number of hydrogen-bond acceptors (Lipinski definition) is 7. The highest BCUT2D eigenvalue weighted by atomic mass is 32.1. The van der Waals surface area contributed by atoms with E-state index in [1.165, 1.54) is 0 Å². The summed E-state index contributed by atoms with van der Waals surface area (Å²) in [6.07, 6.45) is 8.93. The van der Waals surface area contributed by atoms with Crippen LogP contribution in [0.5, 0.6) is 0 Å². The zero-order valence-electron chi connectivity index (χ0n) is 13.4. The fourth-order valence-electron chi connectivity index (χ4n) is 2.71. The summed E-state index contributed by atoms with van der Waals surface area (Å²) >= 11 is 3.30. The number of fused-ring (bicyclic) bond motifs is 1. The van der Waals surface area contributed by atoms with Crippen LogP contribution in [0, 0.1) is 0 Å². The predicted octanol–water partition coefficient (Wildman–Crippen LogP) is 4.94. The van der Waals surface area contributed by atoms with E-state index < -0.39 is 0 Å². The van der Waals surface area contributed by atoms with E-state index in [0.29, 0.717) is 5.82 Å². The number of hydrogen-bond donors (Lipinski definition) is 0. The van der Waals surface area contributed by atoms with E-state index in [2.05, 4.69) is 31.4 Å². The third kappa shape index (κ3) is 2.67. The number of thiophene rings is 1. The van der Waals surface area contributed by atoms with Crippen LogP contribution in [0.4, 0.5) is 0 Å². The van der Waals surface area contributed by atoms with Gasteiger partial charge >= 0.3 is 0 Å². The molecule has 0 saturated heterocycles. The molecule has 5 rings (SSSR count). The molecule has 5 heterocycles. The van der Waals surface area contributed by atoms with Crippen LogP contribution < -0.4 is 0 Å². The van der Waals surface area contributed by atoms with Crippen molar-refractivity contribution in [2.45, 2.75) is 0 Å². The lowest BCUT2D eigenvalue weighted by molar-refractivity contribution is 1.15. The lowest BCUT2D eigenvalue weighted by Gasteiger charge is -2.04. The van der Waals surface area contributed by atoms with Gasteiger partial charge in [0.15, 0.2) is 5.82 Å². The van der Waals surface area contributed by atoms with Gasteiger partial charge in [0, 0.05) is 46.6 Å². The molecule has 0 aliphatic carbocycles. The third-order valence-electron chi connectivity index (χ3n) is 3.89. The number of aromatic nitrogens is 5. The monoisotopic (exact) mass is 373 g/mol. The van der Waals surface area contributed by atoms with Crippen LogP contribution >= 0.6 is 22.7 Å². The van der Waals surface area contributed by atoms with E-state index in [0.717, 1.165) is 36.9 Å². The highest BCUT2D eigenvalue weighted by Crippen LogP contribution is 2.37. The maximum atomic E-state index is 4.86. The zero-order valence-corrected chi connectivity index (χ0v) is 15.0. The molecule has 0 aliphatic rings. The molecule has 0 atom stereocenters. The Morgan fingerprint density at radius 1 is 0.885 bits per heavy atom. The number of rotatable bonds is 3. The number of nitrogens with zero attached hydrogens (tertiary/aromatic N) is 5. The van der Waals surface area contributed by atoms with E-state index >= 15 is 0 Å². The second-order valence-corrected chi connectivity index (χ2v) is 7.51. The summed E-state index contributed by atoms with van der Waals surface area (Å²) in [5.41, 5.74) is 2.69. The summed E-state index contributed by atoms with van der Waals surface area (Å²) in [5.74, 6) is 0.626. The van der Waals surface area contributed by atoms with Gasteiger partial charge in [0.1, 0.15) is 10.7 Å². The van der Waals surface area contributed by atoms with Gasteiger partial charge < -0.3 is 0 Å². The summed E-state index contributed by atoms with van der Waals surface area (Å²) in [6.45, 7) is 0. The molecule has 0 radical (unpaired) electrons. The van der Waals surface area contributed by atoms with Crippen LogP contribution in [0.3, 0.4) is 0 Å². The Labute approximate surface area is 157 Å². The SMILES string of the molecule is c1cnc(-c2cc3sccc3c(-c3cnc(-c4cccnc4)s3)n2)nc1. The van der Waals surface area contributed by atoms with Gasteiger partial charge in [-0.25, -0.2) is 19.9 Å². The van der Waals surface area contributed by atoms with Gasteiger partial charge in [-0.2, -0.15) is 0 Å². The molecule has 0 N–H and O–H groups in total. The third-order valence-corrected chi connectivity index (χ3v) is 5.81. The lowest BCUT2D eigenvalue weighted by atomic mass is 10.2. The standard InChI is InChI=1S/C19H11N5S2/c1-3-12(10-20-5-1)19-23-11-16(26-19)17-13-4-8-25-15(13)9-14(24-17)18-21-6-2-7-22-18/h1-11H. The Hall–Kier alpha value is -3.03. The first-order valence-corrected chi connectivity index (χ1v) is 9.60. The summed E-state index contributed by atoms with van der Waals surface area (Å²) < 4.78 is 1.16. The van der Waals surface area contributed by atoms with Crippen molar-refractivity contribution in [2.75, 3.05) is 0 Å². The van der Waals surface area contributed by atoms with E-state index in [1.54, 1.807) is 47.3 Å². The van der Waals surface area contributed by atoms with Gasteiger partial charge in [0.25, 0.3) is 0 Å². The summed E-state index contributed by atoms with van der Waals surface area (Å²) in [6, 6.07) is 9.87. The first-order chi connectivity index (χ1) is 12.9. The molecule has 7 heteroatoms. The van der Waals surface area contributed by atoms with E-state index in [-0.39, 0.29) is 0 Å². The van der Waals surface area contributed by atoms with E-state index in [1.807, 2.05) is 30.6 Å². The summed E-state index contributed by atoms with van der Waals surface area (Å²) in [7, 11) is 0. The molecule has 0 bridgehead atoms. The number of thiazole rings is 1. The minimum Gasteiger partial charge on any atom is -0.264 e. The van der Waals surface area contributed by atoms with E-state index in [4.69, 9.17) is 4.98 Å². The predicted molar refractivity (Wildman–Crippen MR) is 105 cm³/mol. The fourth-order valence-corrected chi connectivity index (χ4v) is 4.44. The molecule has 124 valence electrons. The summed E-state index contributed by atoms with van der Waals surface area (Å²) in [5, 5.41) is 4.13. The molecule has 0 unspecified atom stereocenters. The van der Waals surface area contributed by atoms with Crippen molar-refractivity contribution in [3.05, 3.63) is 66.7 Å². The molecule has 0 saturated carbocycles. The zero-order chi connectivity index (χ0) is 17.3. The van der Waals surface area contributed by atoms with Crippen LogP contribution in [0.15, 0.2) is 66.7 Å². The van der Waals surface area contributed by atoms with Crippen molar-refractivity contribution in [1.29, 1.82) is 0 Å². The van der Waals surface area contributed by atoms with Gasteiger partial charge in [-0.3, -0.25) is 4.98 Å². The van der Waals surface area contributed by atoms with E-state index in [9.17, 15) is 0 Å². The molecule has 0 spiro atoms. The molecule has 0 aliphatic heterocycles. The Bertz CT molecular complexity index is 1180. The topological polar surface area (TPSA) is 64.5 Å². The van der Waals surface area contributed by atoms with Crippen molar-refractivity contribution >= 4 is 32.8 Å². The molecular weight excluding hydrogens is 362 g/mol. The average molecular weight is 373 g/mol. The average Bonchev–Trinajstić information content (AvgIpc) is 3.38. The largest absolute Gasteiger partial charge is 0.264 e. The van der Waals surface area contributed by atoms with Crippen LogP contribution in [0.2, 0.25) is 0 Å². The quantitative estimate of drug-likeness (QED) is 0.448. The normalized spacial score (nSPS) is 11.1. The Morgan fingerprint density at radius 2 is 1.81 bits per heavy atom. The first-order valence-electron chi connectivity index (χ1n) is 7.91. The van der Waals surface area contributed by atoms with Crippen molar-refractivity contribution in [2.24, 2.45) is 0 Å². The van der Waals surface area contributed by atoms with Crippen molar-refractivity contribution in [3.8, 4) is 32.7 Å². The smallest absolute Gasteiger partial charge is 0.178 e. The van der Waals surface area contributed by atoms with Gasteiger partial charge in [-0.05, 0) is 35.7 Å². The minimum absolute atomic E-state index is 0.626. The highest BCUT2D eigenvalue weighted by molar-refractivity contribution is 7.19. The first kappa shape index (κ1) is 15.2. The van der Waals surface area contributed by atoms with Crippen molar-refractivity contribution in [3.63, 3.8) is 0 Å². The van der Waals surface area contributed by atoms with Crippen molar-refractivity contribution in [1.82, 2.24) is 24.9 Å². The molecule has 5 nitrogen and oxygen atoms in total. The number of pyridine rings is 2. The second kappa shape index (κ2) is 6.36. The lowest BCUT2D eigenvalue weighted by Crippen LogP contribution is -1.92. The summed E-state index contributed by atoms with van der Waals surface area (Å²) in [4.78, 5) is 23.3. The van der Waals surface area contributed by atoms with Crippen LogP contribution in [-0.4, -0.2) is 24.9 Å². The van der Waals surface area contributed by atoms with Gasteiger partial charge in [-0.1, -0.05) is 0 Å². The maximum Gasteiger partial charge on any atom is 0.178 e. The minimum atomic E-state index is 0.626. The fraction of sp³-hybridized carbons (Fsp3) is 0. The maximum absolute atomic E-state index is 4.86. The molecular formula is C19H11N5S2. The van der Waals surface area contributed by atoms with Crippen LogP contribution in [0.1, 0.15) is 0 Å². The van der Waals surface area contributed by atoms with Crippen LogP contribution in [-0.2, 0) is 0 Å². The van der Waals surface area contributed by atoms with Gasteiger partial charge in [0.2, 0.25) is 0 Å². The van der Waals surface area contributed by atoms with Crippen molar-refractivity contribution < 1.29 is 0 Å². The molecule has 5 aromatic heterocycles. The Morgan fingerprint density at radius 3 is 2.65 bits per heavy atom. The molecule has 0 amide bonds. The Balaban J connectivity index is 1.67. The molecule has 0 fully saturated rings. The molecule has 5 aromatic rings. The van der Waals surface area contributed by atoms with Gasteiger partial charge in [0.05, 0.1) is 10.6 Å². The molecule has 0 aromatic carbocycles. The second-order valence-electron chi connectivity index (χ2n) is 5.53. The van der Waals surface area contributed by atoms with Gasteiger partial charge in [-0.15, -0.1) is 22.7 Å².